The number of aromatic nitrogens is 2. The van der Waals surface area contributed by atoms with E-state index in [0.717, 1.165) is 27.7 Å². The summed E-state index contributed by atoms with van der Waals surface area (Å²) in [5.74, 6) is 0.171. The molecule has 0 atom stereocenters. The summed E-state index contributed by atoms with van der Waals surface area (Å²) in [5, 5.41) is 2.13. The van der Waals surface area contributed by atoms with Gasteiger partial charge in [0.1, 0.15) is 0 Å². The SMILES string of the molecule is Cc1[nH]cnc1CCC(=O)c1cccc2ccccc12. The van der Waals surface area contributed by atoms with Crippen molar-refractivity contribution in [2.24, 2.45) is 0 Å². The number of hydrogen-bond donors (Lipinski definition) is 1. The molecule has 0 fully saturated rings. The lowest BCUT2D eigenvalue weighted by Gasteiger charge is -2.05. The van der Waals surface area contributed by atoms with Gasteiger partial charge in [0.05, 0.1) is 12.0 Å². The molecule has 2 aromatic carbocycles. The number of rotatable bonds is 4. The van der Waals surface area contributed by atoms with Crippen LogP contribution in [0.25, 0.3) is 10.8 Å². The number of carbonyl (C=O) groups is 1. The number of Topliss-reactive ketones (excluding diaryl/α,β-unsaturated/α-hetero) is 1. The lowest BCUT2D eigenvalue weighted by atomic mass is 9.98. The lowest BCUT2D eigenvalue weighted by Crippen LogP contribution is -2.03. The summed E-state index contributed by atoms with van der Waals surface area (Å²) in [6, 6.07) is 13.9. The highest BCUT2D eigenvalue weighted by Crippen LogP contribution is 2.20. The number of nitrogens with zero attached hydrogens (tertiary/aromatic N) is 1. The van der Waals surface area contributed by atoms with E-state index in [2.05, 4.69) is 9.97 Å². The van der Waals surface area contributed by atoms with Crippen molar-refractivity contribution < 1.29 is 4.79 Å². The Labute approximate surface area is 117 Å². The zero-order chi connectivity index (χ0) is 13.9. The summed E-state index contributed by atoms with van der Waals surface area (Å²) in [6.07, 6.45) is 2.84. The Morgan fingerprint density at radius 1 is 1.15 bits per heavy atom. The van der Waals surface area contributed by atoms with Crippen LogP contribution in [0.15, 0.2) is 48.8 Å². The molecule has 3 rings (SSSR count). The number of hydrogen-bond acceptors (Lipinski definition) is 2. The second kappa shape index (κ2) is 5.29. The van der Waals surface area contributed by atoms with Gasteiger partial charge in [0.25, 0.3) is 0 Å². The number of imidazole rings is 1. The first-order valence-corrected chi connectivity index (χ1v) is 6.75. The van der Waals surface area contributed by atoms with E-state index < -0.39 is 0 Å². The molecule has 1 N–H and O–H groups in total. The second-order valence-corrected chi connectivity index (χ2v) is 4.92. The summed E-state index contributed by atoms with van der Waals surface area (Å²) >= 11 is 0. The smallest absolute Gasteiger partial charge is 0.163 e. The van der Waals surface area contributed by atoms with E-state index in [0.29, 0.717) is 12.8 Å². The summed E-state index contributed by atoms with van der Waals surface area (Å²) in [7, 11) is 0. The van der Waals surface area contributed by atoms with Gasteiger partial charge in [0, 0.05) is 17.7 Å². The van der Waals surface area contributed by atoms with Crippen molar-refractivity contribution in [2.75, 3.05) is 0 Å². The molecule has 0 spiro atoms. The molecule has 1 heterocycles. The van der Waals surface area contributed by atoms with Crippen molar-refractivity contribution in [1.82, 2.24) is 9.97 Å². The van der Waals surface area contributed by atoms with Gasteiger partial charge in [-0.25, -0.2) is 4.98 Å². The highest BCUT2D eigenvalue weighted by atomic mass is 16.1. The average Bonchev–Trinajstić information content (AvgIpc) is 2.89. The van der Waals surface area contributed by atoms with Crippen LogP contribution in [-0.4, -0.2) is 15.8 Å². The van der Waals surface area contributed by atoms with E-state index in [9.17, 15) is 4.79 Å². The molecular formula is C17H16N2O. The Morgan fingerprint density at radius 2 is 1.95 bits per heavy atom. The van der Waals surface area contributed by atoms with Crippen LogP contribution >= 0.6 is 0 Å². The predicted octanol–water partition coefficient (Wildman–Crippen LogP) is 3.69. The Balaban J connectivity index is 1.84. The Kier molecular flexibility index (Phi) is 3.33. The van der Waals surface area contributed by atoms with Gasteiger partial charge in [0.2, 0.25) is 0 Å². The van der Waals surface area contributed by atoms with Crippen LogP contribution in [0.4, 0.5) is 0 Å². The zero-order valence-electron chi connectivity index (χ0n) is 11.4. The van der Waals surface area contributed by atoms with Gasteiger partial charge in [-0.3, -0.25) is 4.79 Å². The van der Waals surface area contributed by atoms with E-state index in [4.69, 9.17) is 0 Å². The molecule has 3 nitrogen and oxygen atoms in total. The molecule has 0 aliphatic rings. The third-order valence-corrected chi connectivity index (χ3v) is 3.61. The average molecular weight is 264 g/mol. The van der Waals surface area contributed by atoms with Gasteiger partial charge in [-0.05, 0) is 24.1 Å². The summed E-state index contributed by atoms with van der Waals surface area (Å²) in [4.78, 5) is 19.7. The molecule has 0 bridgehead atoms. The molecule has 3 aromatic rings. The highest BCUT2D eigenvalue weighted by molar-refractivity contribution is 6.08. The van der Waals surface area contributed by atoms with Gasteiger partial charge in [-0.1, -0.05) is 42.5 Å². The van der Waals surface area contributed by atoms with E-state index >= 15 is 0 Å². The first kappa shape index (κ1) is 12.6. The van der Waals surface area contributed by atoms with E-state index in [-0.39, 0.29) is 5.78 Å². The van der Waals surface area contributed by atoms with E-state index in [1.807, 2.05) is 49.4 Å². The highest BCUT2D eigenvalue weighted by Gasteiger charge is 2.11. The van der Waals surface area contributed by atoms with Crippen molar-refractivity contribution in [3.05, 3.63) is 65.7 Å². The maximum Gasteiger partial charge on any atom is 0.163 e. The number of benzene rings is 2. The minimum absolute atomic E-state index is 0.171. The molecule has 3 heteroatoms. The number of ketones is 1. The number of fused-ring (bicyclic) bond motifs is 1. The first-order valence-electron chi connectivity index (χ1n) is 6.75. The normalized spacial score (nSPS) is 10.8. The molecule has 0 amide bonds. The lowest BCUT2D eigenvalue weighted by molar-refractivity contribution is 0.0984. The number of nitrogens with one attached hydrogen (secondary N) is 1. The van der Waals surface area contributed by atoms with Gasteiger partial charge < -0.3 is 4.98 Å². The summed E-state index contributed by atoms with van der Waals surface area (Å²) in [5.41, 5.74) is 2.81. The molecule has 0 aliphatic carbocycles. The Hall–Kier alpha value is -2.42. The monoisotopic (exact) mass is 264 g/mol. The molecule has 100 valence electrons. The fourth-order valence-corrected chi connectivity index (χ4v) is 2.47. The van der Waals surface area contributed by atoms with Crippen LogP contribution in [0, 0.1) is 6.92 Å². The molecular weight excluding hydrogens is 248 g/mol. The molecule has 0 unspecified atom stereocenters. The molecule has 0 saturated carbocycles. The van der Waals surface area contributed by atoms with Crippen LogP contribution < -0.4 is 0 Å². The maximum atomic E-state index is 12.4. The number of carbonyl (C=O) groups excluding carboxylic acids is 1. The molecule has 0 saturated heterocycles. The van der Waals surface area contributed by atoms with E-state index in [1.54, 1.807) is 6.33 Å². The van der Waals surface area contributed by atoms with Crippen molar-refractivity contribution in [3.8, 4) is 0 Å². The van der Waals surface area contributed by atoms with Gasteiger partial charge in [-0.15, -0.1) is 0 Å². The molecule has 0 radical (unpaired) electrons. The second-order valence-electron chi connectivity index (χ2n) is 4.92. The fourth-order valence-electron chi connectivity index (χ4n) is 2.47. The summed E-state index contributed by atoms with van der Waals surface area (Å²) < 4.78 is 0. The minimum atomic E-state index is 0.171. The molecule has 20 heavy (non-hydrogen) atoms. The quantitative estimate of drug-likeness (QED) is 0.730. The van der Waals surface area contributed by atoms with Gasteiger partial charge in [0.15, 0.2) is 5.78 Å². The van der Waals surface area contributed by atoms with Crippen molar-refractivity contribution >= 4 is 16.6 Å². The van der Waals surface area contributed by atoms with Crippen LogP contribution in [0.1, 0.15) is 28.2 Å². The van der Waals surface area contributed by atoms with Gasteiger partial charge >= 0.3 is 0 Å². The van der Waals surface area contributed by atoms with Crippen LogP contribution in [0.2, 0.25) is 0 Å². The topological polar surface area (TPSA) is 45.8 Å². The van der Waals surface area contributed by atoms with Crippen LogP contribution in [0.3, 0.4) is 0 Å². The number of aromatic amines is 1. The Morgan fingerprint density at radius 3 is 2.75 bits per heavy atom. The largest absolute Gasteiger partial charge is 0.348 e. The Bertz CT molecular complexity index is 753. The minimum Gasteiger partial charge on any atom is -0.348 e. The summed E-state index contributed by atoms with van der Waals surface area (Å²) in [6.45, 7) is 1.98. The molecule has 0 aliphatic heterocycles. The van der Waals surface area contributed by atoms with Crippen LogP contribution in [0.5, 0.6) is 0 Å². The van der Waals surface area contributed by atoms with Crippen molar-refractivity contribution in [2.45, 2.75) is 19.8 Å². The standard InChI is InChI=1S/C17H16N2O/c1-12-16(19-11-18-12)9-10-17(20)15-8-4-6-13-5-2-3-7-14(13)15/h2-8,11H,9-10H2,1H3,(H,18,19). The third-order valence-electron chi connectivity index (χ3n) is 3.61. The number of aryl methyl sites for hydroxylation is 2. The van der Waals surface area contributed by atoms with Crippen molar-refractivity contribution in [3.63, 3.8) is 0 Å². The van der Waals surface area contributed by atoms with Gasteiger partial charge in [-0.2, -0.15) is 0 Å². The number of H-pyrrole nitrogens is 1. The molecule has 1 aromatic heterocycles. The fraction of sp³-hybridized carbons (Fsp3) is 0.176. The first-order chi connectivity index (χ1) is 9.75. The van der Waals surface area contributed by atoms with Crippen molar-refractivity contribution in [1.29, 1.82) is 0 Å². The third kappa shape index (κ3) is 2.35. The van der Waals surface area contributed by atoms with Crippen LogP contribution in [-0.2, 0) is 6.42 Å². The predicted molar refractivity (Wildman–Crippen MR) is 79.9 cm³/mol. The maximum absolute atomic E-state index is 12.4. The zero-order valence-corrected chi connectivity index (χ0v) is 11.4. The van der Waals surface area contributed by atoms with E-state index in [1.165, 1.54) is 0 Å².